The summed E-state index contributed by atoms with van der Waals surface area (Å²) in [5.74, 6) is -0.596. The van der Waals surface area contributed by atoms with Crippen molar-refractivity contribution in [1.29, 1.82) is 0 Å². The minimum atomic E-state index is -0.501. The number of anilines is 1. The Morgan fingerprint density at radius 1 is 1.45 bits per heavy atom. The van der Waals surface area contributed by atoms with Crippen LogP contribution < -0.4 is 11.1 Å². The van der Waals surface area contributed by atoms with E-state index in [-0.39, 0.29) is 11.8 Å². The molecule has 7 heteroatoms. The van der Waals surface area contributed by atoms with Gasteiger partial charge in [-0.15, -0.1) is 0 Å². The van der Waals surface area contributed by atoms with Crippen LogP contribution in [0.2, 0.25) is 0 Å². The summed E-state index contributed by atoms with van der Waals surface area (Å²) in [7, 11) is 0. The third-order valence-electron chi connectivity index (χ3n) is 4.03. The van der Waals surface area contributed by atoms with E-state index >= 15 is 0 Å². The van der Waals surface area contributed by atoms with Crippen molar-refractivity contribution in [3.63, 3.8) is 0 Å². The number of benzene rings is 1. The second-order valence-electron chi connectivity index (χ2n) is 5.48. The Labute approximate surface area is 125 Å². The lowest BCUT2D eigenvalue weighted by molar-refractivity contribution is -0.120. The molecule has 112 valence electrons. The maximum atomic E-state index is 12.4. The van der Waals surface area contributed by atoms with E-state index in [1.54, 1.807) is 30.7 Å². The van der Waals surface area contributed by atoms with Gasteiger partial charge in [0.15, 0.2) is 5.58 Å². The van der Waals surface area contributed by atoms with Crippen LogP contribution in [0, 0.1) is 5.92 Å². The number of hydrogen-bond donors (Lipinski definition) is 2. The number of nitrogens with one attached hydrogen (secondary N) is 2. The number of fused-ring (bicyclic) bond motifs is 2. The van der Waals surface area contributed by atoms with Gasteiger partial charge in [0.1, 0.15) is 0 Å². The normalized spacial score (nSPS) is 17.4. The first kappa shape index (κ1) is 12.9. The lowest BCUT2D eigenvalue weighted by Crippen LogP contribution is -2.29. The highest BCUT2D eigenvalue weighted by Gasteiger charge is 2.24. The highest BCUT2D eigenvalue weighted by Crippen LogP contribution is 2.22. The summed E-state index contributed by atoms with van der Waals surface area (Å²) in [5.41, 5.74) is 2.76. The zero-order valence-electron chi connectivity index (χ0n) is 11.7. The fraction of sp³-hybridized carbons (Fsp3) is 0.267. The zero-order chi connectivity index (χ0) is 15.1. The number of nitrogens with zero attached hydrogens (tertiary/aromatic N) is 2. The third kappa shape index (κ3) is 2.20. The summed E-state index contributed by atoms with van der Waals surface area (Å²) in [6, 6.07) is 5.11. The van der Waals surface area contributed by atoms with Gasteiger partial charge in [-0.1, -0.05) is 0 Å². The number of rotatable bonds is 2. The Balaban J connectivity index is 1.52. The van der Waals surface area contributed by atoms with Gasteiger partial charge in [-0.05, 0) is 18.6 Å². The molecule has 1 aliphatic rings. The number of aryl methyl sites for hydroxylation is 1. The van der Waals surface area contributed by atoms with Crippen molar-refractivity contribution in [1.82, 2.24) is 14.5 Å². The highest BCUT2D eigenvalue weighted by atomic mass is 16.4. The maximum Gasteiger partial charge on any atom is 0.417 e. The van der Waals surface area contributed by atoms with Crippen LogP contribution in [0.5, 0.6) is 0 Å². The average Bonchev–Trinajstić information content (AvgIpc) is 3.10. The molecule has 0 spiro atoms. The van der Waals surface area contributed by atoms with E-state index in [4.69, 9.17) is 4.42 Å². The number of carbonyl (C=O) groups excluding carboxylic acids is 1. The van der Waals surface area contributed by atoms with Crippen LogP contribution in [0.4, 0.5) is 5.69 Å². The second kappa shape index (κ2) is 4.87. The zero-order valence-corrected chi connectivity index (χ0v) is 11.7. The molecule has 1 aliphatic heterocycles. The van der Waals surface area contributed by atoms with Crippen molar-refractivity contribution in [2.24, 2.45) is 5.92 Å². The van der Waals surface area contributed by atoms with Crippen molar-refractivity contribution in [3.05, 3.63) is 47.0 Å². The van der Waals surface area contributed by atoms with Gasteiger partial charge in [0.05, 0.1) is 11.8 Å². The molecule has 1 aromatic carbocycles. The molecule has 7 nitrogen and oxygen atoms in total. The van der Waals surface area contributed by atoms with Crippen LogP contribution in [0.3, 0.4) is 0 Å². The minimum Gasteiger partial charge on any atom is -0.408 e. The SMILES string of the molecule is O=C(Nc1ccc2[nH]c(=O)oc2c1)C1CCn2cncc2C1. The van der Waals surface area contributed by atoms with Crippen LogP contribution in [0.1, 0.15) is 12.1 Å². The molecule has 1 unspecified atom stereocenters. The standard InChI is InChI=1S/C15H14N4O3/c20-14(9-3-4-19-8-16-7-11(19)5-9)17-10-1-2-12-13(6-10)22-15(21)18-12/h1-2,6-9H,3-5H2,(H,17,20)(H,18,21). The summed E-state index contributed by atoms with van der Waals surface area (Å²) >= 11 is 0. The molecule has 0 saturated carbocycles. The number of hydrogen-bond acceptors (Lipinski definition) is 4. The first-order chi connectivity index (χ1) is 10.7. The summed E-state index contributed by atoms with van der Waals surface area (Å²) in [6.07, 6.45) is 5.08. The molecule has 2 aromatic heterocycles. The first-order valence-corrected chi connectivity index (χ1v) is 7.12. The molecule has 3 heterocycles. The van der Waals surface area contributed by atoms with Crippen molar-refractivity contribution in [3.8, 4) is 0 Å². The molecule has 0 aliphatic carbocycles. The Morgan fingerprint density at radius 2 is 2.36 bits per heavy atom. The van der Waals surface area contributed by atoms with Crippen molar-refractivity contribution in [2.75, 3.05) is 5.32 Å². The lowest BCUT2D eigenvalue weighted by atomic mass is 9.95. The fourth-order valence-electron chi connectivity index (χ4n) is 2.86. The lowest BCUT2D eigenvalue weighted by Gasteiger charge is -2.22. The number of carbonyl (C=O) groups is 1. The first-order valence-electron chi connectivity index (χ1n) is 7.12. The molecule has 0 saturated heterocycles. The number of H-pyrrole nitrogens is 1. The second-order valence-corrected chi connectivity index (χ2v) is 5.48. The predicted octanol–water partition coefficient (Wildman–Crippen LogP) is 1.52. The molecular weight excluding hydrogens is 284 g/mol. The van der Waals surface area contributed by atoms with E-state index in [0.717, 1.165) is 18.7 Å². The van der Waals surface area contributed by atoms with E-state index in [9.17, 15) is 9.59 Å². The van der Waals surface area contributed by atoms with Crippen LogP contribution in [0.15, 0.2) is 39.9 Å². The van der Waals surface area contributed by atoms with E-state index in [1.165, 1.54) is 0 Å². The van der Waals surface area contributed by atoms with Crippen molar-refractivity contribution in [2.45, 2.75) is 19.4 Å². The number of aromatic nitrogens is 3. The maximum absolute atomic E-state index is 12.4. The van der Waals surface area contributed by atoms with Gasteiger partial charge in [-0.25, -0.2) is 9.78 Å². The molecule has 0 fully saturated rings. The van der Waals surface area contributed by atoms with E-state index in [0.29, 0.717) is 23.2 Å². The number of oxazole rings is 1. The summed E-state index contributed by atoms with van der Waals surface area (Å²) < 4.78 is 7.07. The van der Waals surface area contributed by atoms with Crippen LogP contribution in [-0.4, -0.2) is 20.4 Å². The van der Waals surface area contributed by atoms with Gasteiger partial charge in [-0.3, -0.25) is 9.78 Å². The summed E-state index contributed by atoms with van der Waals surface area (Å²) in [4.78, 5) is 30.2. The Morgan fingerprint density at radius 3 is 3.27 bits per heavy atom. The molecule has 2 N–H and O–H groups in total. The van der Waals surface area contributed by atoms with E-state index in [2.05, 4.69) is 19.9 Å². The van der Waals surface area contributed by atoms with Crippen LogP contribution in [0.25, 0.3) is 11.1 Å². The van der Waals surface area contributed by atoms with Gasteiger partial charge < -0.3 is 14.3 Å². The quantitative estimate of drug-likeness (QED) is 0.750. The molecule has 1 atom stereocenters. The van der Waals surface area contributed by atoms with Gasteiger partial charge in [0.25, 0.3) is 0 Å². The van der Waals surface area contributed by atoms with Crippen LogP contribution in [-0.2, 0) is 17.8 Å². The predicted molar refractivity (Wildman–Crippen MR) is 79.5 cm³/mol. The van der Waals surface area contributed by atoms with Gasteiger partial charge in [0, 0.05) is 42.5 Å². The van der Waals surface area contributed by atoms with Gasteiger partial charge in [0.2, 0.25) is 5.91 Å². The van der Waals surface area contributed by atoms with E-state index < -0.39 is 5.76 Å². The Bertz CT molecular complexity index is 905. The molecule has 4 rings (SSSR count). The van der Waals surface area contributed by atoms with Crippen molar-refractivity contribution >= 4 is 22.7 Å². The van der Waals surface area contributed by atoms with E-state index in [1.807, 2.05) is 0 Å². The monoisotopic (exact) mass is 298 g/mol. The minimum absolute atomic E-state index is 0.0234. The molecular formula is C15H14N4O3. The summed E-state index contributed by atoms with van der Waals surface area (Å²) in [6.45, 7) is 0.805. The molecule has 0 bridgehead atoms. The van der Waals surface area contributed by atoms with Crippen molar-refractivity contribution < 1.29 is 9.21 Å². The largest absolute Gasteiger partial charge is 0.417 e. The molecule has 3 aromatic rings. The Kier molecular flexibility index (Phi) is 2.85. The molecule has 22 heavy (non-hydrogen) atoms. The van der Waals surface area contributed by atoms with Gasteiger partial charge >= 0.3 is 5.76 Å². The van der Waals surface area contributed by atoms with Crippen LogP contribution >= 0.6 is 0 Å². The average molecular weight is 298 g/mol. The summed E-state index contributed by atoms with van der Waals surface area (Å²) in [5, 5.41) is 2.89. The van der Waals surface area contributed by atoms with Gasteiger partial charge in [-0.2, -0.15) is 0 Å². The fourth-order valence-corrected chi connectivity index (χ4v) is 2.86. The smallest absolute Gasteiger partial charge is 0.408 e. The highest BCUT2D eigenvalue weighted by molar-refractivity contribution is 5.94. The third-order valence-corrected chi connectivity index (χ3v) is 4.03. The number of aromatic amines is 1. The Hall–Kier alpha value is -2.83. The molecule has 0 radical (unpaired) electrons. The number of amides is 1. The number of imidazole rings is 1. The topological polar surface area (TPSA) is 92.9 Å². The molecule has 1 amide bonds.